The van der Waals surface area contributed by atoms with Crippen molar-refractivity contribution in [2.24, 2.45) is 7.05 Å². The summed E-state index contributed by atoms with van der Waals surface area (Å²) < 4.78 is 43.1. The zero-order valence-electron chi connectivity index (χ0n) is 15.8. The maximum Gasteiger partial charge on any atom is 0.255 e. The molecule has 0 saturated heterocycles. The predicted molar refractivity (Wildman–Crippen MR) is 106 cm³/mol. The second-order valence-electron chi connectivity index (χ2n) is 7.34. The number of benzene rings is 1. The number of halogens is 1. The lowest BCUT2D eigenvalue weighted by Crippen LogP contribution is -2.27. The first-order valence-electron chi connectivity index (χ1n) is 8.89. The van der Waals surface area contributed by atoms with E-state index in [1.165, 1.54) is 17.7 Å². The molecule has 2 aromatic rings. The minimum atomic E-state index is -3.54. The summed E-state index contributed by atoms with van der Waals surface area (Å²) >= 11 is 0. The Morgan fingerprint density at radius 2 is 1.85 bits per heavy atom. The van der Waals surface area contributed by atoms with Crippen LogP contribution in [0.3, 0.4) is 0 Å². The molecule has 6 nitrogen and oxygen atoms in total. The van der Waals surface area contributed by atoms with E-state index in [1.807, 2.05) is 13.8 Å². The number of pyridine rings is 1. The fraction of sp³-hybridized carbons (Fsp3) is 0.421. The summed E-state index contributed by atoms with van der Waals surface area (Å²) in [6, 6.07) is 6.21. The van der Waals surface area contributed by atoms with Gasteiger partial charge in [0.25, 0.3) is 5.56 Å². The van der Waals surface area contributed by atoms with Gasteiger partial charge >= 0.3 is 0 Å². The second-order valence-corrected chi connectivity index (χ2v) is 9.30. The number of nitrogens with zero attached hydrogens (tertiary/aromatic N) is 1. The number of anilines is 3. The molecule has 27 heavy (non-hydrogen) atoms. The Balaban J connectivity index is 2.12. The van der Waals surface area contributed by atoms with Gasteiger partial charge in [-0.2, -0.15) is 0 Å². The molecule has 3 rings (SSSR count). The van der Waals surface area contributed by atoms with Crippen molar-refractivity contribution in [3.8, 4) is 0 Å². The fourth-order valence-electron chi connectivity index (χ4n) is 2.87. The molecule has 1 aliphatic carbocycles. The smallest absolute Gasteiger partial charge is 0.255 e. The molecule has 0 aliphatic heterocycles. The van der Waals surface area contributed by atoms with Gasteiger partial charge in [-0.25, -0.2) is 12.8 Å². The lowest BCUT2D eigenvalue weighted by atomic mass is 10.0. The van der Waals surface area contributed by atoms with Gasteiger partial charge in [-0.05, 0) is 49.4 Å². The molecule has 1 aromatic carbocycles. The molecule has 0 spiro atoms. The van der Waals surface area contributed by atoms with Crippen LogP contribution in [0.4, 0.5) is 21.6 Å². The van der Waals surface area contributed by atoms with E-state index >= 15 is 0 Å². The minimum Gasteiger partial charge on any atom is -0.337 e. The van der Waals surface area contributed by atoms with Crippen molar-refractivity contribution in [3.05, 3.63) is 51.6 Å². The molecule has 146 valence electrons. The van der Waals surface area contributed by atoms with Gasteiger partial charge < -0.3 is 5.32 Å². The highest BCUT2D eigenvalue weighted by atomic mass is 32.2. The molecule has 1 aliphatic rings. The van der Waals surface area contributed by atoms with Crippen molar-refractivity contribution in [3.63, 3.8) is 0 Å². The quantitative estimate of drug-likeness (QED) is 0.786. The zero-order valence-corrected chi connectivity index (χ0v) is 16.7. The summed E-state index contributed by atoms with van der Waals surface area (Å²) in [6.45, 7) is 5.50. The van der Waals surface area contributed by atoms with Gasteiger partial charge in [-0.3, -0.25) is 14.1 Å². The molecule has 2 N–H and O–H groups in total. The van der Waals surface area contributed by atoms with Crippen LogP contribution in [0.5, 0.6) is 0 Å². The molecule has 0 bridgehead atoms. The lowest BCUT2D eigenvalue weighted by Gasteiger charge is -2.20. The van der Waals surface area contributed by atoms with Crippen LogP contribution in [0.25, 0.3) is 0 Å². The van der Waals surface area contributed by atoms with E-state index in [0.717, 1.165) is 5.56 Å². The van der Waals surface area contributed by atoms with Crippen LogP contribution < -0.4 is 15.6 Å². The number of sulfonamides is 1. The topological polar surface area (TPSA) is 80.2 Å². The van der Waals surface area contributed by atoms with Gasteiger partial charge in [0, 0.05) is 12.6 Å². The first kappa shape index (κ1) is 19.4. The van der Waals surface area contributed by atoms with Gasteiger partial charge in [0.05, 0.1) is 16.6 Å². The molecule has 1 heterocycles. The number of aromatic nitrogens is 1. The maximum absolute atomic E-state index is 14.3. The molecule has 0 amide bonds. The highest BCUT2D eigenvalue weighted by molar-refractivity contribution is 7.93. The summed E-state index contributed by atoms with van der Waals surface area (Å²) in [6.07, 6.45) is 1.24. The largest absolute Gasteiger partial charge is 0.337 e. The van der Waals surface area contributed by atoms with Crippen molar-refractivity contribution in [2.75, 3.05) is 10.0 Å². The Morgan fingerprint density at radius 3 is 2.41 bits per heavy atom. The second kappa shape index (κ2) is 6.99. The van der Waals surface area contributed by atoms with Gasteiger partial charge in [-0.15, -0.1) is 0 Å². The van der Waals surface area contributed by atoms with Crippen LogP contribution in [0.2, 0.25) is 0 Å². The molecular formula is C19H24FN3O3S. The van der Waals surface area contributed by atoms with Crippen LogP contribution in [-0.4, -0.2) is 18.2 Å². The van der Waals surface area contributed by atoms with Gasteiger partial charge in [0.15, 0.2) is 0 Å². The summed E-state index contributed by atoms with van der Waals surface area (Å²) in [5, 5.41) is 2.47. The number of nitrogens with one attached hydrogen (secondary N) is 2. The Labute approximate surface area is 158 Å². The molecule has 0 radical (unpaired) electrons. The van der Waals surface area contributed by atoms with Crippen molar-refractivity contribution in [1.29, 1.82) is 0 Å². The number of hydrogen-bond donors (Lipinski definition) is 2. The van der Waals surface area contributed by atoms with E-state index in [0.29, 0.717) is 18.4 Å². The average Bonchev–Trinajstić information content (AvgIpc) is 3.41. The van der Waals surface area contributed by atoms with E-state index in [2.05, 4.69) is 10.0 Å². The number of aryl methyl sites for hydroxylation is 1. The molecule has 0 atom stereocenters. The van der Waals surface area contributed by atoms with Crippen LogP contribution in [0, 0.1) is 12.7 Å². The first-order valence-corrected chi connectivity index (χ1v) is 10.4. The Hall–Kier alpha value is -2.35. The number of rotatable bonds is 6. The van der Waals surface area contributed by atoms with E-state index in [4.69, 9.17) is 0 Å². The third-order valence-electron chi connectivity index (χ3n) is 4.66. The third kappa shape index (κ3) is 4.00. The normalized spacial score (nSPS) is 14.4. The highest BCUT2D eigenvalue weighted by Crippen LogP contribution is 2.33. The summed E-state index contributed by atoms with van der Waals surface area (Å²) in [5.74, 6) is -0.360. The summed E-state index contributed by atoms with van der Waals surface area (Å²) in [7, 11) is -2.00. The van der Waals surface area contributed by atoms with Crippen LogP contribution in [0.15, 0.2) is 29.1 Å². The molecular weight excluding hydrogens is 369 g/mol. The molecule has 1 aromatic heterocycles. The predicted octanol–water partition coefficient (Wildman–Crippen LogP) is 3.60. The fourth-order valence-corrected chi connectivity index (χ4v) is 4.25. The van der Waals surface area contributed by atoms with Crippen molar-refractivity contribution < 1.29 is 12.8 Å². The van der Waals surface area contributed by atoms with Crippen LogP contribution in [-0.2, 0) is 17.1 Å². The highest BCUT2D eigenvalue weighted by Gasteiger charge is 2.36. The third-order valence-corrected chi connectivity index (χ3v) is 6.51. The van der Waals surface area contributed by atoms with E-state index < -0.39 is 21.1 Å². The number of hydrogen-bond acceptors (Lipinski definition) is 4. The molecule has 0 unspecified atom stereocenters. The SMILES string of the molecule is Cc1ccc(Nc2c(NS(=O)(=O)C3CC3)cc(C(C)C)c(=O)n2C)c(F)c1. The summed E-state index contributed by atoms with van der Waals surface area (Å²) in [4.78, 5) is 12.7. The molecule has 1 fully saturated rings. The van der Waals surface area contributed by atoms with Crippen molar-refractivity contribution in [1.82, 2.24) is 4.57 Å². The summed E-state index contributed by atoms with van der Waals surface area (Å²) in [5.41, 5.74) is 1.40. The average molecular weight is 393 g/mol. The maximum atomic E-state index is 14.3. The molecule has 8 heteroatoms. The Bertz CT molecular complexity index is 1040. The van der Waals surface area contributed by atoms with E-state index in [1.54, 1.807) is 25.1 Å². The monoisotopic (exact) mass is 393 g/mol. The van der Waals surface area contributed by atoms with Gasteiger partial charge in [-0.1, -0.05) is 19.9 Å². The van der Waals surface area contributed by atoms with Crippen LogP contribution >= 0.6 is 0 Å². The van der Waals surface area contributed by atoms with Gasteiger partial charge in [0.2, 0.25) is 10.0 Å². The van der Waals surface area contributed by atoms with Crippen molar-refractivity contribution in [2.45, 2.75) is 44.8 Å². The first-order chi connectivity index (χ1) is 12.6. The molecule has 1 saturated carbocycles. The zero-order chi connectivity index (χ0) is 19.9. The van der Waals surface area contributed by atoms with E-state index in [-0.39, 0.29) is 28.7 Å². The van der Waals surface area contributed by atoms with Gasteiger partial charge in [0.1, 0.15) is 11.6 Å². The Kier molecular flexibility index (Phi) is 5.03. The standard InChI is InChI=1S/C19H24FN3O3S/c1-11(2)14-10-17(22-27(25,26)13-6-7-13)18(23(4)19(14)24)21-16-8-5-12(3)9-15(16)20/h5,8-11,13,21-22H,6-7H2,1-4H3. The van der Waals surface area contributed by atoms with Crippen LogP contribution in [0.1, 0.15) is 43.7 Å². The van der Waals surface area contributed by atoms with Crippen molar-refractivity contribution >= 4 is 27.2 Å². The lowest BCUT2D eigenvalue weighted by molar-refractivity contribution is 0.600. The minimum absolute atomic E-state index is 0.0851. The Morgan fingerprint density at radius 1 is 1.19 bits per heavy atom. The van der Waals surface area contributed by atoms with E-state index in [9.17, 15) is 17.6 Å².